The lowest BCUT2D eigenvalue weighted by molar-refractivity contribution is 0.738. The Bertz CT molecular complexity index is 2200. The van der Waals surface area contributed by atoms with E-state index in [0.717, 1.165) is 12.1 Å². The van der Waals surface area contributed by atoms with E-state index >= 15 is 0 Å². The Morgan fingerprint density at radius 1 is 0.659 bits per heavy atom. The van der Waals surface area contributed by atoms with E-state index in [2.05, 4.69) is 131 Å². The van der Waals surface area contributed by atoms with Gasteiger partial charge in [0, 0.05) is 33.1 Å². The lowest BCUT2D eigenvalue weighted by atomic mass is 9.82. The fourth-order valence-electron chi connectivity index (χ4n) is 6.83. The van der Waals surface area contributed by atoms with Crippen molar-refractivity contribution in [3.8, 4) is 17.4 Å². The smallest absolute Gasteiger partial charge is 0.0992 e. The molecule has 0 aliphatic heterocycles. The summed E-state index contributed by atoms with van der Waals surface area (Å²) in [7, 11) is 0. The Kier molecular flexibility index (Phi) is 5.23. The zero-order valence-corrected chi connectivity index (χ0v) is 22.8. The van der Waals surface area contributed by atoms with Crippen molar-refractivity contribution in [2.45, 2.75) is 13.3 Å². The fourth-order valence-corrected chi connectivity index (χ4v) is 6.83. The molecular formula is C38H27N3. The molecule has 2 aromatic heterocycles. The summed E-state index contributed by atoms with van der Waals surface area (Å²) in [5.41, 5.74) is 11.7. The van der Waals surface area contributed by atoms with Crippen LogP contribution >= 0.6 is 0 Å². The maximum absolute atomic E-state index is 9.64. The highest BCUT2D eigenvalue weighted by molar-refractivity contribution is 6.13. The third-order valence-corrected chi connectivity index (χ3v) is 8.61. The molecule has 194 valence electrons. The number of hydrogen-bond donors (Lipinski definition) is 0. The van der Waals surface area contributed by atoms with Crippen LogP contribution in [0.3, 0.4) is 0 Å². The monoisotopic (exact) mass is 525 g/mol. The van der Waals surface area contributed by atoms with Crippen LogP contribution in [-0.4, -0.2) is 9.13 Å². The van der Waals surface area contributed by atoms with Gasteiger partial charge in [0.1, 0.15) is 0 Å². The maximum atomic E-state index is 9.64. The predicted molar refractivity (Wildman–Crippen MR) is 170 cm³/mol. The third-order valence-electron chi connectivity index (χ3n) is 8.61. The molecule has 0 saturated heterocycles. The number of rotatable bonds is 3. The molecule has 3 nitrogen and oxygen atoms in total. The van der Waals surface area contributed by atoms with Crippen molar-refractivity contribution >= 4 is 44.4 Å². The Balaban J connectivity index is 1.45. The Morgan fingerprint density at radius 2 is 1.32 bits per heavy atom. The van der Waals surface area contributed by atoms with Crippen LogP contribution in [0.15, 0.2) is 121 Å². The first-order chi connectivity index (χ1) is 20.2. The average Bonchev–Trinajstić information content (AvgIpc) is 3.54. The van der Waals surface area contributed by atoms with Gasteiger partial charge in [-0.05, 0) is 72.0 Å². The van der Waals surface area contributed by atoms with Gasteiger partial charge >= 0.3 is 0 Å². The molecule has 7 aromatic rings. The molecule has 1 unspecified atom stereocenters. The van der Waals surface area contributed by atoms with Gasteiger partial charge in [0.2, 0.25) is 0 Å². The molecule has 0 fully saturated rings. The molecule has 0 spiro atoms. The first kappa shape index (κ1) is 23.5. The standard InChI is InChI=1S/C38H27N3/c1-25-21-34-30-16-6-7-19-35(30)40(28-14-9-11-26(22-28)24-39)37(34)23-33(25)32-18-10-17-31-29-15-5-8-20-36(29)41(38(31)32)27-12-3-2-4-13-27/h2-20,22-23,25H,21H2,1H3. The highest BCUT2D eigenvalue weighted by atomic mass is 15.0. The van der Waals surface area contributed by atoms with Crippen LogP contribution in [0.2, 0.25) is 0 Å². The van der Waals surface area contributed by atoms with E-state index in [0.29, 0.717) is 11.5 Å². The van der Waals surface area contributed by atoms with Crippen molar-refractivity contribution in [3.63, 3.8) is 0 Å². The van der Waals surface area contributed by atoms with Crippen molar-refractivity contribution in [2.75, 3.05) is 0 Å². The highest BCUT2D eigenvalue weighted by Gasteiger charge is 2.28. The number of aromatic nitrogens is 2. The lowest BCUT2D eigenvalue weighted by Crippen LogP contribution is -2.11. The second-order valence-electron chi connectivity index (χ2n) is 11.0. The molecular weight excluding hydrogens is 498 g/mol. The number of para-hydroxylation sites is 4. The van der Waals surface area contributed by atoms with E-state index < -0.39 is 0 Å². The van der Waals surface area contributed by atoms with Crippen molar-refractivity contribution in [3.05, 3.63) is 144 Å². The summed E-state index contributed by atoms with van der Waals surface area (Å²) < 4.78 is 4.76. The summed E-state index contributed by atoms with van der Waals surface area (Å²) in [4.78, 5) is 0. The second-order valence-corrected chi connectivity index (χ2v) is 11.0. The van der Waals surface area contributed by atoms with Gasteiger partial charge in [-0.3, -0.25) is 0 Å². The van der Waals surface area contributed by atoms with E-state index in [1.54, 1.807) is 0 Å². The topological polar surface area (TPSA) is 33.6 Å². The molecule has 5 aromatic carbocycles. The average molecular weight is 526 g/mol. The van der Waals surface area contributed by atoms with Gasteiger partial charge in [-0.25, -0.2) is 0 Å². The molecule has 41 heavy (non-hydrogen) atoms. The van der Waals surface area contributed by atoms with E-state index in [9.17, 15) is 5.26 Å². The van der Waals surface area contributed by atoms with Crippen LogP contribution in [0.5, 0.6) is 0 Å². The van der Waals surface area contributed by atoms with Crippen molar-refractivity contribution in [2.24, 2.45) is 5.92 Å². The van der Waals surface area contributed by atoms with Crippen LogP contribution in [0.4, 0.5) is 0 Å². The number of fused-ring (bicyclic) bond motifs is 6. The van der Waals surface area contributed by atoms with E-state index in [4.69, 9.17) is 0 Å². The normalized spacial score (nSPS) is 14.7. The second kappa shape index (κ2) is 9.11. The molecule has 0 saturated carbocycles. The molecule has 0 N–H and O–H groups in total. The number of hydrogen-bond acceptors (Lipinski definition) is 1. The Morgan fingerprint density at radius 3 is 2.12 bits per heavy atom. The zero-order chi connectivity index (χ0) is 27.5. The summed E-state index contributed by atoms with van der Waals surface area (Å²) in [6.07, 6.45) is 3.36. The van der Waals surface area contributed by atoms with Crippen molar-refractivity contribution in [1.82, 2.24) is 9.13 Å². The minimum atomic E-state index is 0.333. The molecule has 3 heteroatoms. The Hall–Kier alpha value is -5.33. The summed E-state index contributed by atoms with van der Waals surface area (Å²) in [6.45, 7) is 2.35. The minimum Gasteiger partial charge on any atom is -0.310 e. The number of nitriles is 1. The van der Waals surface area contributed by atoms with Crippen LogP contribution in [0.1, 0.15) is 29.3 Å². The van der Waals surface area contributed by atoms with Gasteiger partial charge in [0.05, 0.1) is 33.9 Å². The highest BCUT2D eigenvalue weighted by Crippen LogP contribution is 2.44. The molecule has 0 radical (unpaired) electrons. The van der Waals surface area contributed by atoms with Gasteiger partial charge in [0.15, 0.2) is 0 Å². The van der Waals surface area contributed by atoms with Gasteiger partial charge in [-0.2, -0.15) is 5.26 Å². The minimum absolute atomic E-state index is 0.333. The van der Waals surface area contributed by atoms with Crippen molar-refractivity contribution < 1.29 is 0 Å². The Labute approximate surface area is 238 Å². The van der Waals surface area contributed by atoms with E-state index in [-0.39, 0.29) is 0 Å². The largest absolute Gasteiger partial charge is 0.310 e. The zero-order valence-electron chi connectivity index (χ0n) is 22.8. The summed E-state index contributed by atoms with van der Waals surface area (Å²) in [6, 6.07) is 45.1. The van der Waals surface area contributed by atoms with Crippen LogP contribution in [0.25, 0.3) is 55.7 Å². The third kappa shape index (κ3) is 3.51. The van der Waals surface area contributed by atoms with E-state index in [1.165, 1.54) is 60.8 Å². The lowest BCUT2D eigenvalue weighted by Gasteiger charge is -2.24. The summed E-state index contributed by atoms with van der Waals surface area (Å²) in [5, 5.41) is 13.5. The number of benzene rings is 5. The van der Waals surface area contributed by atoms with Gasteiger partial charge in [-0.15, -0.1) is 0 Å². The quantitative estimate of drug-likeness (QED) is 0.226. The van der Waals surface area contributed by atoms with Gasteiger partial charge < -0.3 is 9.13 Å². The molecule has 1 aliphatic carbocycles. The molecule has 1 atom stereocenters. The predicted octanol–water partition coefficient (Wildman–Crippen LogP) is 9.33. The molecule has 0 amide bonds. The SMILES string of the molecule is CC1Cc2c(n(-c3cccc(C#N)c3)c3ccccc23)C=C1c1cccc2c3ccccc3n(-c3ccccc3)c12. The number of allylic oxidation sites excluding steroid dienone is 1. The van der Waals surface area contributed by atoms with Crippen LogP contribution in [0, 0.1) is 17.2 Å². The summed E-state index contributed by atoms with van der Waals surface area (Å²) >= 11 is 0. The van der Waals surface area contributed by atoms with Crippen LogP contribution in [-0.2, 0) is 6.42 Å². The maximum Gasteiger partial charge on any atom is 0.0992 e. The first-order valence-electron chi connectivity index (χ1n) is 14.2. The molecule has 0 bridgehead atoms. The van der Waals surface area contributed by atoms with Crippen LogP contribution < -0.4 is 0 Å². The van der Waals surface area contributed by atoms with E-state index in [1.807, 2.05) is 18.2 Å². The fraction of sp³-hybridized carbons (Fsp3) is 0.0789. The molecule has 2 heterocycles. The van der Waals surface area contributed by atoms with Crippen molar-refractivity contribution in [1.29, 1.82) is 5.26 Å². The first-order valence-corrected chi connectivity index (χ1v) is 14.2. The molecule has 1 aliphatic rings. The van der Waals surface area contributed by atoms with Gasteiger partial charge in [-0.1, -0.05) is 85.8 Å². The van der Waals surface area contributed by atoms with Gasteiger partial charge in [0.25, 0.3) is 0 Å². The molecule has 8 rings (SSSR count). The number of nitrogens with zero attached hydrogens (tertiary/aromatic N) is 3. The summed E-state index contributed by atoms with van der Waals surface area (Å²) in [5.74, 6) is 0.333.